The summed E-state index contributed by atoms with van der Waals surface area (Å²) in [6.07, 6.45) is 1.18. The Morgan fingerprint density at radius 3 is 2.59 bits per heavy atom. The second-order valence-corrected chi connectivity index (χ2v) is 5.46. The second-order valence-electron chi connectivity index (χ2n) is 5.46. The molecular weight excluding hydrogens is 288 g/mol. The highest BCUT2D eigenvalue weighted by Gasteiger charge is 2.28. The van der Waals surface area contributed by atoms with E-state index in [4.69, 9.17) is 4.74 Å². The molecule has 1 aliphatic rings. The van der Waals surface area contributed by atoms with Crippen molar-refractivity contribution in [3.05, 3.63) is 28.4 Å². The molecule has 0 spiro atoms. The lowest BCUT2D eigenvalue weighted by Gasteiger charge is -2.32. The Labute approximate surface area is 128 Å². The summed E-state index contributed by atoms with van der Waals surface area (Å²) in [5.41, 5.74) is -0.0776. The monoisotopic (exact) mass is 308 g/mol. The van der Waals surface area contributed by atoms with Crippen molar-refractivity contribution in [1.82, 2.24) is 9.88 Å². The summed E-state index contributed by atoms with van der Waals surface area (Å²) in [4.78, 5) is 28.5. The average molecular weight is 308 g/mol. The molecule has 1 fully saturated rings. The molecule has 0 aromatic carbocycles. The zero-order chi connectivity index (χ0) is 16.1. The van der Waals surface area contributed by atoms with Crippen LogP contribution in [0.1, 0.15) is 13.8 Å². The van der Waals surface area contributed by atoms with Crippen molar-refractivity contribution in [2.24, 2.45) is 5.92 Å². The Hall–Kier alpha value is -2.22. The molecule has 8 nitrogen and oxygen atoms in total. The topological polar surface area (TPSA) is 97.6 Å². The Bertz CT molecular complexity index is 526. The van der Waals surface area contributed by atoms with Crippen LogP contribution in [-0.4, -0.2) is 53.1 Å². The number of carbonyl (C=O) groups excluding carboxylic acids is 1. The zero-order valence-corrected chi connectivity index (χ0v) is 12.7. The SMILES string of the molecule is CC(C)C(Nc1ccc([N+](=O)[O-])cn1)C(=O)N1CCOCC1. The summed E-state index contributed by atoms with van der Waals surface area (Å²) in [5, 5.41) is 13.7. The summed E-state index contributed by atoms with van der Waals surface area (Å²) in [6, 6.07) is 2.46. The third kappa shape index (κ3) is 3.91. The lowest BCUT2D eigenvalue weighted by atomic mass is 10.0. The van der Waals surface area contributed by atoms with Gasteiger partial charge in [0.15, 0.2) is 0 Å². The number of ether oxygens (including phenoxy) is 1. The number of hydrogen-bond acceptors (Lipinski definition) is 6. The van der Waals surface area contributed by atoms with Crippen molar-refractivity contribution in [3.63, 3.8) is 0 Å². The fraction of sp³-hybridized carbons (Fsp3) is 0.571. The van der Waals surface area contributed by atoms with E-state index in [0.29, 0.717) is 32.1 Å². The summed E-state index contributed by atoms with van der Waals surface area (Å²) in [5.74, 6) is 0.511. The van der Waals surface area contributed by atoms with Gasteiger partial charge >= 0.3 is 0 Å². The van der Waals surface area contributed by atoms with Gasteiger partial charge in [-0.25, -0.2) is 4.98 Å². The molecule has 1 N–H and O–H groups in total. The third-order valence-electron chi connectivity index (χ3n) is 3.52. The lowest BCUT2D eigenvalue weighted by Crippen LogP contribution is -2.49. The molecule has 1 aromatic rings. The van der Waals surface area contributed by atoms with E-state index >= 15 is 0 Å². The summed E-state index contributed by atoms with van der Waals surface area (Å²) in [6.45, 7) is 6.15. The molecule has 22 heavy (non-hydrogen) atoms. The molecule has 1 amide bonds. The van der Waals surface area contributed by atoms with Crippen LogP contribution in [0.4, 0.5) is 11.5 Å². The molecule has 0 aliphatic carbocycles. The van der Waals surface area contributed by atoms with Gasteiger partial charge in [-0.1, -0.05) is 13.8 Å². The van der Waals surface area contributed by atoms with Gasteiger partial charge in [-0.15, -0.1) is 0 Å². The quantitative estimate of drug-likeness (QED) is 0.650. The molecular formula is C14H20N4O4. The van der Waals surface area contributed by atoms with Gasteiger partial charge in [-0.05, 0) is 12.0 Å². The summed E-state index contributed by atoms with van der Waals surface area (Å²) < 4.78 is 5.25. The molecule has 1 saturated heterocycles. The van der Waals surface area contributed by atoms with E-state index in [1.165, 1.54) is 18.3 Å². The van der Waals surface area contributed by atoms with Crippen LogP contribution in [-0.2, 0) is 9.53 Å². The number of nitrogens with one attached hydrogen (secondary N) is 1. The maximum atomic E-state index is 12.6. The van der Waals surface area contributed by atoms with Crippen molar-refractivity contribution in [1.29, 1.82) is 0 Å². The van der Waals surface area contributed by atoms with Gasteiger partial charge in [0.2, 0.25) is 5.91 Å². The van der Waals surface area contributed by atoms with Crippen LogP contribution in [0.2, 0.25) is 0 Å². The average Bonchev–Trinajstić information content (AvgIpc) is 2.53. The number of nitrogens with zero attached hydrogens (tertiary/aromatic N) is 3. The number of amides is 1. The van der Waals surface area contributed by atoms with Crippen LogP contribution in [0.25, 0.3) is 0 Å². The van der Waals surface area contributed by atoms with Crippen molar-refractivity contribution in [2.45, 2.75) is 19.9 Å². The van der Waals surface area contributed by atoms with E-state index in [-0.39, 0.29) is 17.5 Å². The van der Waals surface area contributed by atoms with Gasteiger partial charge in [0.25, 0.3) is 5.69 Å². The van der Waals surface area contributed by atoms with E-state index < -0.39 is 11.0 Å². The minimum absolute atomic E-state index is 0.00143. The first-order valence-corrected chi connectivity index (χ1v) is 7.22. The van der Waals surface area contributed by atoms with Gasteiger partial charge in [-0.3, -0.25) is 14.9 Å². The molecule has 0 bridgehead atoms. The Kier molecular flexibility index (Phi) is 5.26. The molecule has 8 heteroatoms. The van der Waals surface area contributed by atoms with Gasteiger partial charge in [0.05, 0.1) is 18.1 Å². The summed E-state index contributed by atoms with van der Waals surface area (Å²) in [7, 11) is 0. The first-order valence-electron chi connectivity index (χ1n) is 7.22. The van der Waals surface area contributed by atoms with Crippen molar-refractivity contribution >= 4 is 17.4 Å². The van der Waals surface area contributed by atoms with Crippen LogP contribution in [0.3, 0.4) is 0 Å². The fourth-order valence-corrected chi connectivity index (χ4v) is 2.23. The largest absolute Gasteiger partial charge is 0.378 e. The zero-order valence-electron chi connectivity index (χ0n) is 12.7. The highest BCUT2D eigenvalue weighted by atomic mass is 16.6. The van der Waals surface area contributed by atoms with Gasteiger partial charge in [-0.2, -0.15) is 0 Å². The lowest BCUT2D eigenvalue weighted by molar-refractivity contribution is -0.385. The van der Waals surface area contributed by atoms with Gasteiger partial charge < -0.3 is 15.0 Å². The van der Waals surface area contributed by atoms with E-state index in [9.17, 15) is 14.9 Å². The van der Waals surface area contributed by atoms with Gasteiger partial charge in [0.1, 0.15) is 18.1 Å². The molecule has 2 heterocycles. The Morgan fingerprint density at radius 2 is 2.09 bits per heavy atom. The van der Waals surface area contributed by atoms with Crippen LogP contribution >= 0.6 is 0 Å². The van der Waals surface area contributed by atoms with Crippen LogP contribution in [0, 0.1) is 16.0 Å². The fourth-order valence-electron chi connectivity index (χ4n) is 2.23. The molecule has 0 radical (unpaired) electrons. The highest BCUT2D eigenvalue weighted by Crippen LogP contribution is 2.16. The first kappa shape index (κ1) is 16.2. The highest BCUT2D eigenvalue weighted by molar-refractivity contribution is 5.84. The van der Waals surface area contributed by atoms with Crippen LogP contribution < -0.4 is 5.32 Å². The predicted octanol–water partition coefficient (Wildman–Crippen LogP) is 1.29. The minimum atomic E-state index is -0.504. The number of rotatable bonds is 5. The van der Waals surface area contributed by atoms with Crippen LogP contribution in [0.15, 0.2) is 18.3 Å². The van der Waals surface area contributed by atoms with Crippen molar-refractivity contribution in [2.75, 3.05) is 31.6 Å². The minimum Gasteiger partial charge on any atom is -0.378 e. The molecule has 1 unspecified atom stereocenters. The Balaban J connectivity index is 2.07. The number of aromatic nitrogens is 1. The number of anilines is 1. The van der Waals surface area contributed by atoms with E-state index in [1.807, 2.05) is 13.8 Å². The Morgan fingerprint density at radius 1 is 1.41 bits per heavy atom. The summed E-state index contributed by atoms with van der Waals surface area (Å²) >= 11 is 0. The molecule has 120 valence electrons. The van der Waals surface area contributed by atoms with E-state index in [2.05, 4.69) is 10.3 Å². The standard InChI is InChI=1S/C14H20N4O4/c1-10(2)13(14(19)17-5-7-22-8-6-17)16-12-4-3-11(9-15-12)18(20)21/h3-4,9-10,13H,5-8H2,1-2H3,(H,15,16). The van der Waals surface area contributed by atoms with E-state index in [0.717, 1.165) is 0 Å². The number of hydrogen-bond donors (Lipinski definition) is 1. The van der Waals surface area contributed by atoms with Gasteiger partial charge in [0, 0.05) is 19.2 Å². The number of pyridine rings is 1. The van der Waals surface area contributed by atoms with Crippen LogP contribution in [0.5, 0.6) is 0 Å². The maximum absolute atomic E-state index is 12.6. The first-order chi connectivity index (χ1) is 10.5. The number of carbonyl (C=O) groups is 1. The number of morpholine rings is 1. The molecule has 2 rings (SSSR count). The van der Waals surface area contributed by atoms with E-state index in [1.54, 1.807) is 4.90 Å². The van der Waals surface area contributed by atoms with Crippen molar-refractivity contribution in [3.8, 4) is 0 Å². The molecule has 1 atom stereocenters. The normalized spacial score (nSPS) is 16.4. The smallest absolute Gasteiger partial charge is 0.287 e. The second kappa shape index (κ2) is 7.17. The molecule has 1 aromatic heterocycles. The molecule has 1 aliphatic heterocycles. The van der Waals surface area contributed by atoms with Crippen molar-refractivity contribution < 1.29 is 14.5 Å². The number of nitro groups is 1. The predicted molar refractivity (Wildman–Crippen MR) is 80.5 cm³/mol. The third-order valence-corrected chi connectivity index (χ3v) is 3.52. The molecule has 0 saturated carbocycles. The maximum Gasteiger partial charge on any atom is 0.287 e.